The molecule has 0 aromatic heterocycles. The quantitative estimate of drug-likeness (QED) is 0.820. The van der Waals surface area contributed by atoms with Crippen LogP contribution in [0.4, 0.5) is 5.69 Å². The van der Waals surface area contributed by atoms with E-state index in [-0.39, 0.29) is 0 Å². The maximum Gasteiger partial charge on any atom is 0.349 e. The number of carboxylic acids is 1. The number of amides is 1. The van der Waals surface area contributed by atoms with Gasteiger partial charge >= 0.3 is 5.97 Å². The van der Waals surface area contributed by atoms with Gasteiger partial charge in [-0.05, 0) is 31.2 Å². The molecule has 1 rings (SSSR count). The van der Waals surface area contributed by atoms with E-state index in [1.165, 1.54) is 0 Å². The van der Waals surface area contributed by atoms with E-state index in [9.17, 15) is 9.59 Å². The Morgan fingerprint density at radius 2 is 1.79 bits per heavy atom. The van der Waals surface area contributed by atoms with Crippen LogP contribution in [0.15, 0.2) is 34.3 Å². The van der Waals surface area contributed by atoms with Gasteiger partial charge in [0.05, 0.1) is 6.61 Å². The monoisotopic (exact) mass is 303 g/mol. The molecule has 1 aromatic rings. The first-order valence-electron chi connectivity index (χ1n) is 5.28. The number of halogens is 2. The van der Waals surface area contributed by atoms with E-state index in [0.717, 1.165) is 0 Å². The van der Waals surface area contributed by atoms with Crippen molar-refractivity contribution in [2.24, 2.45) is 0 Å². The highest BCUT2D eigenvalue weighted by atomic mass is 35.5. The van der Waals surface area contributed by atoms with Gasteiger partial charge in [-0.25, -0.2) is 4.79 Å². The highest BCUT2D eigenvalue weighted by Gasteiger charge is 2.17. The van der Waals surface area contributed by atoms with Crippen molar-refractivity contribution in [1.29, 1.82) is 0 Å². The zero-order valence-electron chi connectivity index (χ0n) is 9.94. The predicted octanol–water partition coefficient (Wildman–Crippen LogP) is 2.80. The van der Waals surface area contributed by atoms with Gasteiger partial charge in [-0.3, -0.25) is 4.79 Å². The second-order valence-corrected chi connectivity index (χ2v) is 4.10. The summed E-state index contributed by atoms with van der Waals surface area (Å²) < 4.78 is 5.24. The molecule has 0 fully saturated rings. The summed E-state index contributed by atoms with van der Waals surface area (Å²) in [7, 11) is 0. The highest BCUT2D eigenvalue weighted by molar-refractivity contribution is 6.54. The molecule has 0 spiro atoms. The third-order valence-corrected chi connectivity index (χ3v) is 2.81. The Morgan fingerprint density at radius 1 is 1.21 bits per heavy atom. The SMILES string of the molecule is CCOc1ccc(NC(=O)/C(Cl)=C(\Cl)C(=O)O)cc1. The lowest BCUT2D eigenvalue weighted by molar-refractivity contribution is -0.132. The zero-order valence-corrected chi connectivity index (χ0v) is 11.5. The van der Waals surface area contributed by atoms with Crippen LogP contribution in [0.25, 0.3) is 0 Å². The average molecular weight is 304 g/mol. The number of carboxylic acid groups (broad SMARTS) is 1. The van der Waals surface area contributed by atoms with Crippen molar-refractivity contribution < 1.29 is 19.4 Å². The Morgan fingerprint density at radius 3 is 2.26 bits per heavy atom. The number of ether oxygens (including phenoxy) is 1. The molecule has 0 bridgehead atoms. The van der Waals surface area contributed by atoms with Gasteiger partial charge in [0.25, 0.3) is 5.91 Å². The molecular weight excluding hydrogens is 293 g/mol. The molecular formula is C12H11Cl2NO4. The van der Waals surface area contributed by atoms with Gasteiger partial charge in [-0.1, -0.05) is 23.2 Å². The van der Waals surface area contributed by atoms with Crippen LogP contribution < -0.4 is 10.1 Å². The molecule has 0 radical (unpaired) electrons. The Hall–Kier alpha value is -1.72. The van der Waals surface area contributed by atoms with E-state index in [2.05, 4.69) is 5.32 Å². The fourth-order valence-corrected chi connectivity index (χ4v) is 1.39. The number of benzene rings is 1. The lowest BCUT2D eigenvalue weighted by Crippen LogP contribution is -2.14. The maximum absolute atomic E-state index is 11.6. The molecule has 102 valence electrons. The first kappa shape index (κ1) is 15.3. The summed E-state index contributed by atoms with van der Waals surface area (Å²) in [6.45, 7) is 2.39. The van der Waals surface area contributed by atoms with Crippen molar-refractivity contribution >= 4 is 40.8 Å². The fourth-order valence-electron chi connectivity index (χ4n) is 1.18. The van der Waals surface area contributed by atoms with Gasteiger partial charge in [-0.2, -0.15) is 0 Å². The number of hydrogen-bond donors (Lipinski definition) is 2. The summed E-state index contributed by atoms with van der Waals surface area (Å²) in [6.07, 6.45) is 0. The second-order valence-electron chi connectivity index (χ2n) is 3.34. The molecule has 2 N–H and O–H groups in total. The first-order valence-corrected chi connectivity index (χ1v) is 6.04. The summed E-state index contributed by atoms with van der Waals surface area (Å²) in [5.74, 6) is -1.60. The lowest BCUT2D eigenvalue weighted by Gasteiger charge is -2.06. The number of aliphatic carboxylic acids is 1. The molecule has 0 atom stereocenters. The van der Waals surface area contributed by atoms with Gasteiger partial charge in [0, 0.05) is 5.69 Å². The van der Waals surface area contributed by atoms with Crippen LogP contribution in [0.2, 0.25) is 0 Å². The van der Waals surface area contributed by atoms with Crippen LogP contribution in [0.5, 0.6) is 5.75 Å². The third kappa shape index (κ3) is 4.46. The van der Waals surface area contributed by atoms with E-state index in [1.807, 2.05) is 6.92 Å². The van der Waals surface area contributed by atoms with Crippen molar-refractivity contribution in [2.45, 2.75) is 6.92 Å². The number of rotatable bonds is 5. The minimum atomic E-state index is -1.46. The largest absolute Gasteiger partial charge is 0.494 e. The molecule has 7 heteroatoms. The van der Waals surface area contributed by atoms with Crippen molar-refractivity contribution in [2.75, 3.05) is 11.9 Å². The standard InChI is InChI=1S/C12H11Cl2NO4/c1-2-19-8-5-3-7(4-6-8)15-11(16)9(13)10(14)12(17)18/h3-6H,2H2,1H3,(H,15,16)(H,17,18)/b10-9+. The van der Waals surface area contributed by atoms with Crippen LogP contribution in [-0.2, 0) is 9.59 Å². The molecule has 1 aromatic carbocycles. The molecule has 0 aliphatic carbocycles. The van der Waals surface area contributed by atoms with Crippen LogP contribution in [0.1, 0.15) is 6.92 Å². The molecule has 0 heterocycles. The second kappa shape index (κ2) is 7.01. The van der Waals surface area contributed by atoms with Crippen LogP contribution in [0.3, 0.4) is 0 Å². The van der Waals surface area contributed by atoms with E-state index >= 15 is 0 Å². The van der Waals surface area contributed by atoms with E-state index in [1.54, 1.807) is 24.3 Å². The summed E-state index contributed by atoms with van der Waals surface area (Å²) in [4.78, 5) is 22.1. The van der Waals surface area contributed by atoms with Crippen LogP contribution in [-0.4, -0.2) is 23.6 Å². The fraction of sp³-hybridized carbons (Fsp3) is 0.167. The first-order chi connectivity index (χ1) is 8.95. The molecule has 0 aliphatic heterocycles. The van der Waals surface area contributed by atoms with E-state index in [0.29, 0.717) is 18.0 Å². The highest BCUT2D eigenvalue weighted by Crippen LogP contribution is 2.19. The van der Waals surface area contributed by atoms with Gasteiger partial charge in [-0.15, -0.1) is 0 Å². The van der Waals surface area contributed by atoms with Crippen molar-refractivity contribution in [3.8, 4) is 5.75 Å². The Bertz CT molecular complexity index is 511. The van der Waals surface area contributed by atoms with Gasteiger partial charge in [0.1, 0.15) is 15.8 Å². The summed E-state index contributed by atoms with van der Waals surface area (Å²) >= 11 is 10.9. The zero-order chi connectivity index (χ0) is 14.4. The minimum absolute atomic E-state index is 0.446. The molecule has 1 amide bonds. The summed E-state index contributed by atoms with van der Waals surface area (Å²) in [5.41, 5.74) is 0.446. The van der Waals surface area contributed by atoms with Crippen LogP contribution in [0, 0.1) is 0 Å². The van der Waals surface area contributed by atoms with Crippen molar-refractivity contribution in [3.05, 3.63) is 34.3 Å². The Kier molecular flexibility index (Phi) is 5.66. The molecule has 19 heavy (non-hydrogen) atoms. The topological polar surface area (TPSA) is 75.6 Å². The van der Waals surface area contributed by atoms with E-state index < -0.39 is 21.9 Å². The van der Waals surface area contributed by atoms with Crippen molar-refractivity contribution in [1.82, 2.24) is 0 Å². The van der Waals surface area contributed by atoms with Crippen LogP contribution >= 0.6 is 23.2 Å². The maximum atomic E-state index is 11.6. The summed E-state index contributed by atoms with van der Waals surface area (Å²) in [5, 5.41) is 9.69. The van der Waals surface area contributed by atoms with Crippen molar-refractivity contribution in [3.63, 3.8) is 0 Å². The number of carbonyl (C=O) groups excluding carboxylic acids is 1. The number of hydrogen-bond acceptors (Lipinski definition) is 3. The number of nitrogens with one attached hydrogen (secondary N) is 1. The number of anilines is 1. The van der Waals surface area contributed by atoms with Gasteiger partial charge in [0.15, 0.2) is 0 Å². The Labute approximate surface area is 119 Å². The van der Waals surface area contributed by atoms with Gasteiger partial charge < -0.3 is 15.2 Å². The molecule has 0 aliphatic rings. The molecule has 0 saturated heterocycles. The minimum Gasteiger partial charge on any atom is -0.494 e. The molecule has 0 saturated carbocycles. The Balaban J connectivity index is 2.77. The lowest BCUT2D eigenvalue weighted by atomic mass is 10.3. The number of carbonyl (C=O) groups is 2. The third-order valence-electron chi connectivity index (χ3n) is 2.00. The summed E-state index contributed by atoms with van der Waals surface area (Å²) in [6, 6.07) is 6.52. The van der Waals surface area contributed by atoms with E-state index in [4.69, 9.17) is 33.0 Å². The normalized spacial score (nSPS) is 11.5. The predicted molar refractivity (Wildman–Crippen MR) is 72.6 cm³/mol. The smallest absolute Gasteiger partial charge is 0.349 e. The average Bonchev–Trinajstić information content (AvgIpc) is 2.39. The molecule has 0 unspecified atom stereocenters. The molecule has 5 nitrogen and oxygen atoms in total. The van der Waals surface area contributed by atoms with Gasteiger partial charge in [0.2, 0.25) is 0 Å².